The number of hydrogen-bond donors (Lipinski definition) is 2. The quantitative estimate of drug-likeness (QED) is 0.772. The van der Waals surface area contributed by atoms with E-state index in [1.165, 1.54) is 11.3 Å². The largest absolute Gasteiger partial charge is 0.392 e. The van der Waals surface area contributed by atoms with Gasteiger partial charge < -0.3 is 10.4 Å². The lowest BCUT2D eigenvalue weighted by molar-refractivity contribution is -0.121. The maximum atomic E-state index is 11.9. The van der Waals surface area contributed by atoms with Gasteiger partial charge in [0.25, 0.3) is 0 Å². The van der Waals surface area contributed by atoms with E-state index in [-0.39, 0.29) is 31.1 Å². The van der Waals surface area contributed by atoms with E-state index in [9.17, 15) is 14.7 Å². The first-order valence-corrected chi connectivity index (χ1v) is 7.96. The standard InChI is InChI=1S/C17H19NO3S/c1-12-6-8-16(22-12)15(20)7-9-17(21)18-10-13-4-2-3-5-14(13)11-19/h2-6,8,19H,7,9-11H2,1H3,(H,18,21). The van der Waals surface area contributed by atoms with Crippen molar-refractivity contribution in [1.29, 1.82) is 0 Å². The number of carbonyl (C=O) groups excluding carboxylic acids is 2. The fraction of sp³-hybridized carbons (Fsp3) is 0.294. The molecule has 0 atom stereocenters. The maximum absolute atomic E-state index is 11.9. The Hall–Kier alpha value is -1.98. The third kappa shape index (κ3) is 4.51. The van der Waals surface area contributed by atoms with E-state index >= 15 is 0 Å². The van der Waals surface area contributed by atoms with Gasteiger partial charge in [0, 0.05) is 24.3 Å². The van der Waals surface area contributed by atoms with E-state index in [1.807, 2.05) is 37.3 Å². The summed E-state index contributed by atoms with van der Waals surface area (Å²) in [4.78, 5) is 25.6. The van der Waals surface area contributed by atoms with E-state index in [2.05, 4.69) is 5.32 Å². The van der Waals surface area contributed by atoms with Gasteiger partial charge in [-0.25, -0.2) is 0 Å². The van der Waals surface area contributed by atoms with Crippen molar-refractivity contribution >= 4 is 23.0 Å². The first kappa shape index (κ1) is 16.4. The van der Waals surface area contributed by atoms with E-state index < -0.39 is 0 Å². The van der Waals surface area contributed by atoms with Crippen molar-refractivity contribution in [2.75, 3.05) is 0 Å². The van der Waals surface area contributed by atoms with Gasteiger partial charge in [0.2, 0.25) is 5.91 Å². The smallest absolute Gasteiger partial charge is 0.220 e. The lowest BCUT2D eigenvalue weighted by Gasteiger charge is -2.08. The number of nitrogens with one attached hydrogen (secondary N) is 1. The van der Waals surface area contributed by atoms with Gasteiger partial charge in [-0.1, -0.05) is 24.3 Å². The highest BCUT2D eigenvalue weighted by Gasteiger charge is 2.11. The van der Waals surface area contributed by atoms with Gasteiger partial charge in [-0.15, -0.1) is 11.3 Å². The lowest BCUT2D eigenvalue weighted by atomic mass is 10.1. The predicted molar refractivity (Wildman–Crippen MR) is 86.8 cm³/mol. The van der Waals surface area contributed by atoms with Crippen molar-refractivity contribution in [2.24, 2.45) is 0 Å². The number of aryl methyl sites for hydroxylation is 1. The summed E-state index contributed by atoms with van der Waals surface area (Å²) in [6.45, 7) is 2.26. The van der Waals surface area contributed by atoms with Gasteiger partial charge >= 0.3 is 0 Å². The van der Waals surface area contributed by atoms with Crippen molar-refractivity contribution in [3.63, 3.8) is 0 Å². The van der Waals surface area contributed by atoms with Crippen LogP contribution in [-0.2, 0) is 17.9 Å². The number of carbonyl (C=O) groups is 2. The van der Waals surface area contributed by atoms with E-state index in [0.29, 0.717) is 11.4 Å². The van der Waals surface area contributed by atoms with Crippen LogP contribution in [0.5, 0.6) is 0 Å². The van der Waals surface area contributed by atoms with Gasteiger partial charge in [-0.05, 0) is 30.2 Å². The summed E-state index contributed by atoms with van der Waals surface area (Å²) >= 11 is 1.45. The molecule has 2 aromatic rings. The minimum absolute atomic E-state index is 0.00371. The van der Waals surface area contributed by atoms with Crippen molar-refractivity contribution in [2.45, 2.75) is 32.9 Å². The molecule has 0 aliphatic heterocycles. The second-order valence-corrected chi connectivity index (χ2v) is 6.32. The van der Waals surface area contributed by atoms with Crippen molar-refractivity contribution in [3.05, 3.63) is 57.3 Å². The number of aliphatic hydroxyl groups excluding tert-OH is 1. The molecule has 22 heavy (non-hydrogen) atoms. The van der Waals surface area contributed by atoms with Crippen LogP contribution in [0, 0.1) is 6.92 Å². The molecule has 1 aromatic carbocycles. The summed E-state index contributed by atoms with van der Waals surface area (Å²) in [7, 11) is 0. The zero-order valence-corrected chi connectivity index (χ0v) is 13.3. The summed E-state index contributed by atoms with van der Waals surface area (Å²) in [5.41, 5.74) is 1.69. The second-order valence-electron chi connectivity index (χ2n) is 5.04. The molecule has 2 N–H and O–H groups in total. The third-order valence-corrected chi connectivity index (χ3v) is 4.40. The van der Waals surface area contributed by atoms with Crippen LogP contribution in [0.2, 0.25) is 0 Å². The lowest BCUT2D eigenvalue weighted by Crippen LogP contribution is -2.23. The highest BCUT2D eigenvalue weighted by molar-refractivity contribution is 7.14. The van der Waals surface area contributed by atoms with Crippen molar-refractivity contribution in [1.82, 2.24) is 5.32 Å². The molecule has 0 aliphatic carbocycles. The average Bonchev–Trinajstić information content (AvgIpc) is 2.97. The van der Waals surface area contributed by atoms with Crippen LogP contribution in [0.3, 0.4) is 0 Å². The first-order chi connectivity index (χ1) is 10.6. The molecule has 0 saturated heterocycles. The summed E-state index contributed by atoms with van der Waals surface area (Å²) in [6, 6.07) is 11.1. The molecule has 1 aromatic heterocycles. The van der Waals surface area contributed by atoms with Gasteiger partial charge in [0.05, 0.1) is 11.5 Å². The van der Waals surface area contributed by atoms with E-state index in [4.69, 9.17) is 0 Å². The van der Waals surface area contributed by atoms with Gasteiger partial charge in [-0.3, -0.25) is 9.59 Å². The van der Waals surface area contributed by atoms with Crippen molar-refractivity contribution < 1.29 is 14.7 Å². The Bertz CT molecular complexity index is 663. The molecule has 0 radical (unpaired) electrons. The molecular formula is C17H19NO3S. The predicted octanol–water partition coefficient (Wildman–Crippen LogP) is 2.83. The summed E-state index contributed by atoms with van der Waals surface area (Å²) < 4.78 is 0. The van der Waals surface area contributed by atoms with Gasteiger partial charge in [0.15, 0.2) is 5.78 Å². The van der Waals surface area contributed by atoms with Crippen LogP contribution in [0.4, 0.5) is 0 Å². The number of aliphatic hydroxyl groups is 1. The average molecular weight is 317 g/mol. The summed E-state index contributed by atoms with van der Waals surface area (Å²) in [6.07, 6.45) is 0.393. The minimum atomic E-state index is -0.158. The number of Topliss-reactive ketones (excluding diaryl/α,β-unsaturated/α-hetero) is 1. The zero-order chi connectivity index (χ0) is 15.9. The van der Waals surface area contributed by atoms with Crippen molar-refractivity contribution in [3.8, 4) is 0 Å². The number of thiophene rings is 1. The van der Waals surface area contributed by atoms with Crippen LogP contribution >= 0.6 is 11.3 Å². The highest BCUT2D eigenvalue weighted by Crippen LogP contribution is 2.17. The van der Waals surface area contributed by atoms with Crippen LogP contribution in [0.1, 0.15) is 38.5 Å². The molecular weight excluding hydrogens is 298 g/mol. The SMILES string of the molecule is Cc1ccc(C(=O)CCC(=O)NCc2ccccc2CO)s1. The highest BCUT2D eigenvalue weighted by atomic mass is 32.1. The number of rotatable bonds is 7. The molecule has 1 heterocycles. The van der Waals surface area contributed by atoms with E-state index in [1.54, 1.807) is 6.07 Å². The Morgan fingerprint density at radius 1 is 1.09 bits per heavy atom. The Kier molecular flexibility index (Phi) is 5.86. The zero-order valence-electron chi connectivity index (χ0n) is 12.5. The topological polar surface area (TPSA) is 66.4 Å². The van der Waals surface area contributed by atoms with Gasteiger partial charge in [0.1, 0.15) is 0 Å². The van der Waals surface area contributed by atoms with E-state index in [0.717, 1.165) is 16.0 Å². The molecule has 4 nitrogen and oxygen atoms in total. The van der Waals surface area contributed by atoms with Crippen LogP contribution in [0.15, 0.2) is 36.4 Å². The molecule has 0 unspecified atom stereocenters. The normalized spacial score (nSPS) is 10.5. The Balaban J connectivity index is 1.80. The number of benzene rings is 1. The fourth-order valence-corrected chi connectivity index (χ4v) is 2.94. The summed E-state index contributed by atoms with van der Waals surface area (Å²) in [5, 5.41) is 12.0. The van der Waals surface area contributed by atoms with Crippen LogP contribution in [-0.4, -0.2) is 16.8 Å². The fourth-order valence-electron chi connectivity index (χ4n) is 2.10. The summed E-state index contributed by atoms with van der Waals surface area (Å²) in [5.74, 6) is -0.154. The molecule has 0 saturated carbocycles. The molecule has 1 amide bonds. The molecule has 0 bridgehead atoms. The molecule has 5 heteroatoms. The first-order valence-electron chi connectivity index (χ1n) is 7.14. The Labute approximate surface area is 133 Å². The molecule has 0 aliphatic rings. The number of ketones is 1. The molecule has 0 fully saturated rings. The number of hydrogen-bond acceptors (Lipinski definition) is 4. The second kappa shape index (κ2) is 7.87. The molecule has 2 rings (SSSR count). The Morgan fingerprint density at radius 3 is 2.45 bits per heavy atom. The third-order valence-electron chi connectivity index (χ3n) is 3.36. The van der Waals surface area contributed by atoms with Crippen LogP contribution in [0.25, 0.3) is 0 Å². The van der Waals surface area contributed by atoms with Gasteiger partial charge in [-0.2, -0.15) is 0 Å². The monoisotopic (exact) mass is 317 g/mol. The van der Waals surface area contributed by atoms with Crippen LogP contribution < -0.4 is 5.32 Å². The maximum Gasteiger partial charge on any atom is 0.220 e. The Morgan fingerprint density at radius 2 is 1.82 bits per heavy atom. The minimum Gasteiger partial charge on any atom is -0.392 e. The molecule has 116 valence electrons. The molecule has 0 spiro atoms. The number of amides is 1.